The zero-order valence-corrected chi connectivity index (χ0v) is 11.5. The van der Waals surface area contributed by atoms with Crippen molar-refractivity contribution < 1.29 is 0 Å². The molecule has 2 heteroatoms. The molecule has 0 heterocycles. The number of rotatable bonds is 5. The van der Waals surface area contributed by atoms with Gasteiger partial charge in [0.25, 0.3) is 0 Å². The number of thioether (sulfide) groups is 1. The average Bonchev–Trinajstić information content (AvgIpc) is 2.34. The summed E-state index contributed by atoms with van der Waals surface area (Å²) in [5.41, 5.74) is 8.96. The molecule has 2 N–H and O–H groups in total. The third kappa shape index (κ3) is 3.75. The van der Waals surface area contributed by atoms with Gasteiger partial charge in [-0.3, -0.25) is 0 Å². The first-order valence-electron chi connectivity index (χ1n) is 6.68. The molecule has 0 spiro atoms. The summed E-state index contributed by atoms with van der Waals surface area (Å²) in [6.45, 7) is 2.09. The zero-order chi connectivity index (χ0) is 12.1. The van der Waals surface area contributed by atoms with Crippen molar-refractivity contribution in [2.75, 3.05) is 11.5 Å². The fraction of sp³-hybridized carbons (Fsp3) is 0.600. The molecule has 0 amide bonds. The van der Waals surface area contributed by atoms with Gasteiger partial charge in [0.15, 0.2) is 0 Å². The monoisotopic (exact) mass is 249 g/mol. The lowest BCUT2D eigenvalue weighted by Gasteiger charge is -2.25. The molecule has 0 saturated heterocycles. The summed E-state index contributed by atoms with van der Waals surface area (Å²) in [6.07, 6.45) is 5.13. The number of hydrogen-bond acceptors (Lipinski definition) is 2. The Morgan fingerprint density at radius 2 is 2.24 bits per heavy atom. The Morgan fingerprint density at radius 1 is 1.41 bits per heavy atom. The summed E-state index contributed by atoms with van der Waals surface area (Å²) < 4.78 is 0. The largest absolute Gasteiger partial charge is 0.328 e. The Balaban J connectivity index is 1.86. The number of aryl methyl sites for hydroxylation is 1. The van der Waals surface area contributed by atoms with E-state index >= 15 is 0 Å². The van der Waals surface area contributed by atoms with Crippen LogP contribution in [0.15, 0.2) is 24.3 Å². The van der Waals surface area contributed by atoms with Crippen LogP contribution in [-0.4, -0.2) is 17.5 Å². The number of fused-ring (bicyclic) bond motifs is 1. The molecule has 94 valence electrons. The molecule has 2 unspecified atom stereocenters. The molecule has 1 nitrogen and oxygen atoms in total. The minimum atomic E-state index is 0.348. The van der Waals surface area contributed by atoms with Gasteiger partial charge in [-0.15, -0.1) is 0 Å². The lowest BCUT2D eigenvalue weighted by molar-refractivity contribution is 0.596. The molecule has 0 saturated carbocycles. The summed E-state index contributed by atoms with van der Waals surface area (Å²) in [6, 6.07) is 9.33. The SMILES string of the molecule is CC(N)CCSCC1CCCc2ccccc21. The van der Waals surface area contributed by atoms with Crippen molar-refractivity contribution in [2.24, 2.45) is 5.73 Å². The van der Waals surface area contributed by atoms with Crippen LogP contribution in [0, 0.1) is 0 Å². The Bertz CT molecular complexity index is 349. The molecule has 0 aliphatic heterocycles. The van der Waals surface area contributed by atoms with Crippen molar-refractivity contribution >= 4 is 11.8 Å². The van der Waals surface area contributed by atoms with Gasteiger partial charge in [-0.2, -0.15) is 11.8 Å². The van der Waals surface area contributed by atoms with Crippen molar-refractivity contribution in [3.05, 3.63) is 35.4 Å². The second kappa shape index (κ2) is 6.46. The summed E-state index contributed by atoms with van der Waals surface area (Å²) in [5.74, 6) is 3.25. The van der Waals surface area contributed by atoms with Crippen LogP contribution >= 0.6 is 11.8 Å². The van der Waals surface area contributed by atoms with E-state index in [0.29, 0.717) is 6.04 Å². The fourth-order valence-corrected chi connectivity index (χ4v) is 3.86. The molecular formula is C15H23NS. The topological polar surface area (TPSA) is 26.0 Å². The van der Waals surface area contributed by atoms with Crippen molar-refractivity contribution in [3.8, 4) is 0 Å². The van der Waals surface area contributed by atoms with Crippen molar-refractivity contribution in [2.45, 2.75) is 44.6 Å². The molecule has 0 aromatic heterocycles. The highest BCUT2D eigenvalue weighted by atomic mass is 32.2. The molecule has 1 aromatic rings. The minimum absolute atomic E-state index is 0.348. The third-order valence-corrected chi connectivity index (χ3v) is 4.69. The second-order valence-corrected chi connectivity index (χ2v) is 6.28. The average molecular weight is 249 g/mol. The van der Waals surface area contributed by atoms with Crippen LogP contribution in [0.2, 0.25) is 0 Å². The van der Waals surface area contributed by atoms with Gasteiger partial charge in [0.1, 0.15) is 0 Å². The van der Waals surface area contributed by atoms with Gasteiger partial charge in [0, 0.05) is 11.8 Å². The number of hydrogen-bond donors (Lipinski definition) is 1. The molecule has 0 fully saturated rings. The van der Waals surface area contributed by atoms with Gasteiger partial charge in [-0.1, -0.05) is 24.3 Å². The molecule has 0 bridgehead atoms. The van der Waals surface area contributed by atoms with E-state index in [-0.39, 0.29) is 0 Å². The first kappa shape index (κ1) is 13.0. The third-order valence-electron chi connectivity index (χ3n) is 3.53. The molecule has 1 aromatic carbocycles. The lowest BCUT2D eigenvalue weighted by atomic mass is 9.84. The highest BCUT2D eigenvalue weighted by molar-refractivity contribution is 7.99. The lowest BCUT2D eigenvalue weighted by Crippen LogP contribution is -2.16. The summed E-state index contributed by atoms with van der Waals surface area (Å²) in [7, 11) is 0. The van der Waals surface area contributed by atoms with Crippen LogP contribution in [0.25, 0.3) is 0 Å². The van der Waals surface area contributed by atoms with Gasteiger partial charge in [0.05, 0.1) is 0 Å². The molecular weight excluding hydrogens is 226 g/mol. The molecule has 17 heavy (non-hydrogen) atoms. The van der Waals surface area contributed by atoms with E-state index in [1.807, 2.05) is 0 Å². The molecule has 0 radical (unpaired) electrons. The Kier molecular flexibility index (Phi) is 4.93. The quantitative estimate of drug-likeness (QED) is 0.807. The van der Waals surface area contributed by atoms with Gasteiger partial charge < -0.3 is 5.73 Å². The number of nitrogens with two attached hydrogens (primary N) is 1. The maximum atomic E-state index is 5.77. The van der Waals surface area contributed by atoms with Crippen LogP contribution < -0.4 is 5.73 Å². The molecule has 1 aliphatic rings. The van der Waals surface area contributed by atoms with Crippen LogP contribution in [-0.2, 0) is 6.42 Å². The van der Waals surface area contributed by atoms with Crippen molar-refractivity contribution in [3.63, 3.8) is 0 Å². The van der Waals surface area contributed by atoms with Gasteiger partial charge in [-0.05, 0) is 55.4 Å². The fourth-order valence-electron chi connectivity index (χ4n) is 2.52. The van der Waals surface area contributed by atoms with E-state index < -0.39 is 0 Å². The van der Waals surface area contributed by atoms with Gasteiger partial charge in [-0.25, -0.2) is 0 Å². The van der Waals surface area contributed by atoms with Crippen LogP contribution in [0.3, 0.4) is 0 Å². The number of benzene rings is 1. The van der Waals surface area contributed by atoms with Gasteiger partial charge >= 0.3 is 0 Å². The van der Waals surface area contributed by atoms with Crippen LogP contribution in [0.4, 0.5) is 0 Å². The van der Waals surface area contributed by atoms with Gasteiger partial charge in [0.2, 0.25) is 0 Å². The molecule has 1 aliphatic carbocycles. The molecule has 2 atom stereocenters. The zero-order valence-electron chi connectivity index (χ0n) is 10.7. The highest BCUT2D eigenvalue weighted by Gasteiger charge is 2.19. The highest BCUT2D eigenvalue weighted by Crippen LogP contribution is 2.33. The summed E-state index contributed by atoms with van der Waals surface area (Å²) in [5, 5.41) is 0. The Morgan fingerprint density at radius 3 is 3.06 bits per heavy atom. The Labute approximate surface area is 109 Å². The maximum Gasteiger partial charge on any atom is 0.00183 e. The Hall–Kier alpha value is -0.470. The predicted octanol–water partition coefficient (Wildman–Crippen LogP) is 3.58. The van der Waals surface area contributed by atoms with E-state index in [0.717, 1.165) is 12.3 Å². The summed E-state index contributed by atoms with van der Waals surface area (Å²) in [4.78, 5) is 0. The van der Waals surface area contributed by atoms with E-state index in [1.165, 1.54) is 30.8 Å². The maximum absolute atomic E-state index is 5.77. The predicted molar refractivity (Wildman–Crippen MR) is 77.7 cm³/mol. The van der Waals surface area contributed by atoms with E-state index in [1.54, 1.807) is 11.1 Å². The second-order valence-electron chi connectivity index (χ2n) is 5.13. The first-order chi connectivity index (χ1) is 8.27. The van der Waals surface area contributed by atoms with E-state index in [2.05, 4.69) is 43.0 Å². The van der Waals surface area contributed by atoms with Crippen LogP contribution in [0.5, 0.6) is 0 Å². The minimum Gasteiger partial charge on any atom is -0.328 e. The standard InChI is InChI=1S/C15H23NS/c1-12(16)9-10-17-11-14-7-4-6-13-5-2-3-8-15(13)14/h2-3,5,8,12,14H,4,6-7,9-11,16H2,1H3. The van der Waals surface area contributed by atoms with E-state index in [4.69, 9.17) is 5.73 Å². The van der Waals surface area contributed by atoms with E-state index in [9.17, 15) is 0 Å². The summed E-state index contributed by atoms with van der Waals surface area (Å²) >= 11 is 2.07. The van der Waals surface area contributed by atoms with Crippen molar-refractivity contribution in [1.29, 1.82) is 0 Å². The molecule has 2 rings (SSSR count). The van der Waals surface area contributed by atoms with Crippen molar-refractivity contribution in [1.82, 2.24) is 0 Å². The van der Waals surface area contributed by atoms with Crippen LogP contribution in [0.1, 0.15) is 43.2 Å². The first-order valence-corrected chi connectivity index (χ1v) is 7.84. The normalized spacial score (nSPS) is 20.9. The smallest absolute Gasteiger partial charge is 0.00183 e.